The van der Waals surface area contributed by atoms with E-state index in [1.807, 2.05) is 17.5 Å². The van der Waals surface area contributed by atoms with E-state index < -0.39 is 5.41 Å². The number of aromatic nitrogens is 2. The lowest BCUT2D eigenvalue weighted by Gasteiger charge is -2.25. The lowest BCUT2D eigenvalue weighted by molar-refractivity contribution is -0.137. The van der Waals surface area contributed by atoms with Gasteiger partial charge in [-0.1, -0.05) is 42.0 Å². The molecular weight excluding hydrogens is 366 g/mol. The van der Waals surface area contributed by atoms with Crippen LogP contribution >= 0.6 is 34.4 Å². The molecule has 2 aromatic heterocycles. The van der Waals surface area contributed by atoms with Gasteiger partial charge >= 0.3 is 5.97 Å². The second-order valence-corrected chi connectivity index (χ2v) is 8.61. The maximum absolute atomic E-state index is 12.9. The van der Waals surface area contributed by atoms with Crippen molar-refractivity contribution in [2.45, 2.75) is 35.4 Å². The molecular formula is C15H17N3O3S3. The number of anilines is 1. The van der Waals surface area contributed by atoms with Crippen molar-refractivity contribution in [1.29, 1.82) is 0 Å². The molecule has 0 aliphatic heterocycles. The van der Waals surface area contributed by atoms with E-state index in [1.165, 1.54) is 30.2 Å². The number of thioether (sulfide) groups is 1. The monoisotopic (exact) mass is 383 g/mol. The predicted molar refractivity (Wildman–Crippen MR) is 95.7 cm³/mol. The molecule has 1 aliphatic rings. The summed E-state index contributed by atoms with van der Waals surface area (Å²) in [6.07, 6.45) is 3.84. The third-order valence-electron chi connectivity index (χ3n) is 4.05. The van der Waals surface area contributed by atoms with Gasteiger partial charge in [-0.3, -0.25) is 14.9 Å². The zero-order chi connectivity index (χ0) is 17.0. The number of carbonyl (C=O) groups is 2. The van der Waals surface area contributed by atoms with Crippen molar-refractivity contribution in [1.82, 2.24) is 10.2 Å². The first-order valence-electron chi connectivity index (χ1n) is 7.52. The van der Waals surface area contributed by atoms with Crippen LogP contribution in [-0.4, -0.2) is 34.9 Å². The van der Waals surface area contributed by atoms with Crippen molar-refractivity contribution in [2.75, 3.05) is 18.2 Å². The molecule has 0 unspecified atom stereocenters. The van der Waals surface area contributed by atoms with Gasteiger partial charge in [0.2, 0.25) is 11.0 Å². The van der Waals surface area contributed by atoms with E-state index in [4.69, 9.17) is 0 Å². The SMILES string of the molecule is COC(=O)CSc1nnc(NC(=O)C2(c3cccs3)CCCC2)s1. The Morgan fingerprint density at radius 3 is 2.83 bits per heavy atom. The summed E-state index contributed by atoms with van der Waals surface area (Å²) in [6.45, 7) is 0. The van der Waals surface area contributed by atoms with E-state index in [2.05, 4.69) is 20.3 Å². The molecule has 0 saturated heterocycles. The van der Waals surface area contributed by atoms with Gasteiger partial charge in [0.05, 0.1) is 18.3 Å². The Hall–Kier alpha value is -1.45. The van der Waals surface area contributed by atoms with Crippen LogP contribution in [0.4, 0.5) is 5.13 Å². The zero-order valence-corrected chi connectivity index (χ0v) is 15.6. The van der Waals surface area contributed by atoms with E-state index in [1.54, 1.807) is 11.3 Å². The van der Waals surface area contributed by atoms with Gasteiger partial charge in [-0.15, -0.1) is 21.5 Å². The topological polar surface area (TPSA) is 81.2 Å². The van der Waals surface area contributed by atoms with Gasteiger partial charge in [0.25, 0.3) is 0 Å². The average Bonchev–Trinajstić information content (AvgIpc) is 3.32. The number of ether oxygens (including phenoxy) is 1. The van der Waals surface area contributed by atoms with Crippen LogP contribution in [0.5, 0.6) is 0 Å². The number of methoxy groups -OCH3 is 1. The van der Waals surface area contributed by atoms with Crippen LogP contribution < -0.4 is 5.32 Å². The molecule has 0 radical (unpaired) electrons. The summed E-state index contributed by atoms with van der Waals surface area (Å²) < 4.78 is 5.23. The Morgan fingerprint density at radius 1 is 1.38 bits per heavy atom. The fourth-order valence-corrected chi connectivity index (χ4v) is 5.39. The zero-order valence-electron chi connectivity index (χ0n) is 13.1. The Kier molecular flexibility index (Phi) is 5.52. The fourth-order valence-electron chi connectivity index (χ4n) is 2.83. The van der Waals surface area contributed by atoms with Gasteiger partial charge in [0, 0.05) is 4.88 Å². The minimum atomic E-state index is -0.445. The van der Waals surface area contributed by atoms with E-state index in [0.29, 0.717) is 9.47 Å². The van der Waals surface area contributed by atoms with Crippen molar-refractivity contribution in [3.8, 4) is 0 Å². The third-order valence-corrected chi connectivity index (χ3v) is 7.07. The minimum absolute atomic E-state index is 0.0110. The molecule has 1 aliphatic carbocycles. The molecule has 1 amide bonds. The number of carbonyl (C=O) groups excluding carboxylic acids is 2. The molecule has 128 valence electrons. The Labute approximate surface area is 152 Å². The van der Waals surface area contributed by atoms with Crippen molar-refractivity contribution < 1.29 is 14.3 Å². The van der Waals surface area contributed by atoms with Crippen LogP contribution in [0.25, 0.3) is 0 Å². The van der Waals surface area contributed by atoms with E-state index in [0.717, 1.165) is 30.6 Å². The van der Waals surface area contributed by atoms with Crippen LogP contribution in [0, 0.1) is 0 Å². The normalized spacial score (nSPS) is 16.0. The van der Waals surface area contributed by atoms with Crippen molar-refractivity contribution in [2.24, 2.45) is 0 Å². The Bertz CT molecular complexity index is 709. The molecule has 1 N–H and O–H groups in total. The molecule has 1 fully saturated rings. The molecule has 1 saturated carbocycles. The molecule has 2 aromatic rings. The average molecular weight is 384 g/mol. The largest absolute Gasteiger partial charge is 0.468 e. The first kappa shape index (κ1) is 17.4. The van der Waals surface area contributed by atoms with Gasteiger partial charge < -0.3 is 4.74 Å². The summed E-state index contributed by atoms with van der Waals surface area (Å²) in [7, 11) is 1.35. The van der Waals surface area contributed by atoms with Crippen LogP contribution in [0.1, 0.15) is 30.6 Å². The van der Waals surface area contributed by atoms with E-state index >= 15 is 0 Å². The smallest absolute Gasteiger partial charge is 0.316 e. The van der Waals surface area contributed by atoms with Gasteiger partial charge in [-0.05, 0) is 24.3 Å². The molecule has 9 heteroatoms. The highest BCUT2D eigenvalue weighted by Crippen LogP contribution is 2.44. The summed E-state index contributed by atoms with van der Waals surface area (Å²) in [5, 5.41) is 13.4. The molecule has 0 spiro atoms. The summed E-state index contributed by atoms with van der Waals surface area (Å²) in [5.74, 6) is -0.149. The minimum Gasteiger partial charge on any atom is -0.468 e. The van der Waals surface area contributed by atoms with Gasteiger partial charge in [0.1, 0.15) is 0 Å². The summed E-state index contributed by atoms with van der Waals surface area (Å²) in [5.41, 5.74) is -0.445. The number of thiophene rings is 1. The maximum atomic E-state index is 12.9. The van der Waals surface area contributed by atoms with E-state index in [9.17, 15) is 9.59 Å². The number of nitrogens with zero attached hydrogens (tertiary/aromatic N) is 2. The number of rotatable bonds is 6. The first-order valence-corrected chi connectivity index (χ1v) is 10.2. The highest BCUT2D eigenvalue weighted by molar-refractivity contribution is 8.01. The molecule has 24 heavy (non-hydrogen) atoms. The molecule has 0 atom stereocenters. The van der Waals surface area contributed by atoms with Crippen molar-refractivity contribution >= 4 is 51.4 Å². The quantitative estimate of drug-likeness (QED) is 0.468. The second kappa shape index (κ2) is 7.62. The third kappa shape index (κ3) is 3.62. The second-order valence-electron chi connectivity index (χ2n) is 5.46. The maximum Gasteiger partial charge on any atom is 0.316 e. The van der Waals surface area contributed by atoms with Crippen LogP contribution in [0.15, 0.2) is 21.9 Å². The fraction of sp³-hybridized carbons (Fsp3) is 0.467. The molecule has 6 nitrogen and oxygen atoms in total. The first-order chi connectivity index (χ1) is 11.6. The van der Waals surface area contributed by atoms with Crippen molar-refractivity contribution in [3.63, 3.8) is 0 Å². The van der Waals surface area contributed by atoms with Crippen molar-refractivity contribution in [3.05, 3.63) is 22.4 Å². The Balaban J connectivity index is 1.68. The molecule has 0 bridgehead atoms. The van der Waals surface area contributed by atoms with E-state index in [-0.39, 0.29) is 17.6 Å². The number of esters is 1. The summed E-state index contributed by atoms with van der Waals surface area (Å²) in [6, 6.07) is 4.02. The van der Waals surface area contributed by atoms with Crippen LogP contribution in [-0.2, 0) is 19.7 Å². The highest BCUT2D eigenvalue weighted by atomic mass is 32.2. The van der Waals surface area contributed by atoms with Gasteiger partial charge in [-0.2, -0.15) is 0 Å². The van der Waals surface area contributed by atoms with Crippen LogP contribution in [0.3, 0.4) is 0 Å². The standard InChI is InChI=1S/C15H17N3O3S3/c1-21-11(19)9-23-14-18-17-13(24-14)16-12(20)15(6-2-3-7-15)10-5-4-8-22-10/h4-5,8H,2-3,6-7,9H2,1H3,(H,16,17,20). The highest BCUT2D eigenvalue weighted by Gasteiger charge is 2.43. The molecule has 2 heterocycles. The molecule has 0 aromatic carbocycles. The lowest BCUT2D eigenvalue weighted by atomic mass is 9.83. The number of nitrogens with one attached hydrogen (secondary N) is 1. The number of amides is 1. The predicted octanol–water partition coefficient (Wildman–Crippen LogP) is 3.32. The number of hydrogen-bond donors (Lipinski definition) is 1. The summed E-state index contributed by atoms with van der Waals surface area (Å²) in [4.78, 5) is 25.2. The van der Waals surface area contributed by atoms with Crippen LogP contribution in [0.2, 0.25) is 0 Å². The number of hydrogen-bond acceptors (Lipinski definition) is 8. The summed E-state index contributed by atoms with van der Waals surface area (Å²) >= 11 is 4.15. The Morgan fingerprint density at radius 2 is 2.17 bits per heavy atom. The van der Waals surface area contributed by atoms with Gasteiger partial charge in [-0.25, -0.2) is 0 Å². The van der Waals surface area contributed by atoms with Gasteiger partial charge in [0.15, 0.2) is 4.34 Å². The lowest BCUT2D eigenvalue weighted by Crippen LogP contribution is -2.37. The molecule has 3 rings (SSSR count).